The van der Waals surface area contributed by atoms with Crippen LogP contribution in [0.4, 0.5) is 0 Å². The van der Waals surface area contributed by atoms with E-state index in [2.05, 4.69) is 41.3 Å². The van der Waals surface area contributed by atoms with Crippen molar-refractivity contribution in [2.75, 3.05) is 32.7 Å². The van der Waals surface area contributed by atoms with E-state index in [1.165, 1.54) is 5.56 Å². The minimum absolute atomic E-state index is 0.113. The molecule has 0 aliphatic carbocycles. The second-order valence-electron chi connectivity index (χ2n) is 7.93. The van der Waals surface area contributed by atoms with Crippen molar-refractivity contribution in [2.45, 2.75) is 31.8 Å². The first-order valence-corrected chi connectivity index (χ1v) is 10.8. The number of hydrogen-bond acceptors (Lipinski definition) is 3. The Kier molecular flexibility index (Phi) is 6.63. The van der Waals surface area contributed by atoms with E-state index in [0.29, 0.717) is 5.56 Å². The van der Waals surface area contributed by atoms with Gasteiger partial charge in [0.1, 0.15) is 11.9 Å². The highest BCUT2D eigenvalue weighted by atomic mass is 16.5. The second kappa shape index (κ2) is 9.75. The average molecular weight is 391 g/mol. The number of rotatable bonds is 6. The highest BCUT2D eigenvalue weighted by Gasteiger charge is 2.25. The number of para-hydroxylation sites is 1. The molecule has 0 bridgehead atoms. The summed E-state index contributed by atoms with van der Waals surface area (Å²) in [6.45, 7) is 4.73. The molecule has 0 spiro atoms. The molecule has 0 atom stereocenters. The van der Waals surface area contributed by atoms with E-state index < -0.39 is 0 Å². The zero-order valence-corrected chi connectivity index (χ0v) is 17.0. The fourth-order valence-corrected chi connectivity index (χ4v) is 4.13. The molecular formula is C25H30N2O2. The summed E-state index contributed by atoms with van der Waals surface area (Å²) in [6, 6.07) is 18.1. The van der Waals surface area contributed by atoms with E-state index in [0.717, 1.165) is 64.2 Å². The summed E-state index contributed by atoms with van der Waals surface area (Å²) in [5.74, 6) is 0.855. The Labute approximate surface area is 173 Å². The Hall–Kier alpha value is -2.59. The molecule has 2 aliphatic rings. The summed E-state index contributed by atoms with van der Waals surface area (Å²) >= 11 is 0. The van der Waals surface area contributed by atoms with Crippen molar-refractivity contribution in [1.29, 1.82) is 0 Å². The van der Waals surface area contributed by atoms with Crippen LogP contribution in [0.15, 0.2) is 60.7 Å². The lowest BCUT2D eigenvalue weighted by molar-refractivity contribution is 0.0772. The van der Waals surface area contributed by atoms with E-state index in [4.69, 9.17) is 4.74 Å². The third-order valence-electron chi connectivity index (χ3n) is 5.81. The topological polar surface area (TPSA) is 32.8 Å². The molecule has 2 heterocycles. The summed E-state index contributed by atoms with van der Waals surface area (Å²) in [5.41, 5.74) is 1.95. The maximum absolute atomic E-state index is 12.8. The van der Waals surface area contributed by atoms with Crippen LogP contribution in [0.1, 0.15) is 41.6 Å². The van der Waals surface area contributed by atoms with Gasteiger partial charge in [-0.25, -0.2) is 0 Å². The molecule has 29 heavy (non-hydrogen) atoms. The Morgan fingerprint density at radius 2 is 1.62 bits per heavy atom. The molecular weight excluding hydrogens is 360 g/mol. The molecule has 0 radical (unpaired) electrons. The highest BCUT2D eigenvalue weighted by molar-refractivity contribution is 5.97. The van der Waals surface area contributed by atoms with Crippen LogP contribution >= 0.6 is 0 Å². The third-order valence-corrected chi connectivity index (χ3v) is 5.81. The van der Waals surface area contributed by atoms with Gasteiger partial charge in [0.25, 0.3) is 5.91 Å². The minimum atomic E-state index is 0.113. The Morgan fingerprint density at radius 3 is 2.38 bits per heavy atom. The number of carbonyl (C=O) groups is 1. The van der Waals surface area contributed by atoms with Gasteiger partial charge in [-0.3, -0.25) is 9.69 Å². The minimum Gasteiger partial charge on any atom is -0.489 e. The Bertz CT molecular complexity index is 820. The first kappa shape index (κ1) is 19.7. The molecule has 0 N–H and O–H groups in total. The zero-order valence-electron chi connectivity index (χ0n) is 17.0. The molecule has 2 aromatic carbocycles. The number of ether oxygens (including phenoxy) is 1. The SMILES string of the molecule is O=C(c1ccccc1OC1CCN(C/C=C/c2ccccc2)CC1)N1CCCC1. The number of amides is 1. The van der Waals surface area contributed by atoms with Crippen molar-refractivity contribution in [1.82, 2.24) is 9.80 Å². The molecule has 2 aromatic rings. The third kappa shape index (κ3) is 5.27. The van der Waals surface area contributed by atoms with Crippen molar-refractivity contribution < 1.29 is 9.53 Å². The molecule has 4 nitrogen and oxygen atoms in total. The number of piperidine rings is 1. The van der Waals surface area contributed by atoms with Gasteiger partial charge in [0.05, 0.1) is 5.56 Å². The van der Waals surface area contributed by atoms with E-state index in [1.807, 2.05) is 35.2 Å². The fraction of sp³-hybridized carbons (Fsp3) is 0.400. The van der Waals surface area contributed by atoms with Crippen molar-refractivity contribution >= 4 is 12.0 Å². The Morgan fingerprint density at radius 1 is 0.931 bits per heavy atom. The van der Waals surface area contributed by atoms with Gasteiger partial charge in [-0.2, -0.15) is 0 Å². The van der Waals surface area contributed by atoms with E-state index in [9.17, 15) is 4.79 Å². The average Bonchev–Trinajstić information content (AvgIpc) is 3.31. The summed E-state index contributed by atoms with van der Waals surface area (Å²) in [6.07, 6.45) is 8.79. The normalized spacial score (nSPS) is 18.4. The predicted molar refractivity (Wildman–Crippen MR) is 117 cm³/mol. The van der Waals surface area contributed by atoms with Crippen molar-refractivity contribution in [3.05, 3.63) is 71.8 Å². The highest BCUT2D eigenvalue weighted by Crippen LogP contribution is 2.25. The number of carbonyl (C=O) groups excluding carboxylic acids is 1. The number of nitrogens with zero attached hydrogens (tertiary/aromatic N) is 2. The molecule has 152 valence electrons. The second-order valence-corrected chi connectivity index (χ2v) is 7.93. The van der Waals surface area contributed by atoms with Crippen LogP contribution in [0.25, 0.3) is 6.08 Å². The quantitative estimate of drug-likeness (QED) is 0.729. The maximum Gasteiger partial charge on any atom is 0.257 e. The van der Waals surface area contributed by atoms with E-state index in [-0.39, 0.29) is 12.0 Å². The van der Waals surface area contributed by atoms with Crippen molar-refractivity contribution in [2.24, 2.45) is 0 Å². The number of benzene rings is 2. The molecule has 2 aliphatic heterocycles. The van der Waals surface area contributed by atoms with Crippen LogP contribution in [-0.4, -0.2) is 54.5 Å². The summed E-state index contributed by atoms with van der Waals surface area (Å²) in [5, 5.41) is 0. The first-order chi connectivity index (χ1) is 14.3. The predicted octanol–water partition coefficient (Wildman–Crippen LogP) is 4.48. The first-order valence-electron chi connectivity index (χ1n) is 10.8. The van der Waals surface area contributed by atoms with Crippen LogP contribution < -0.4 is 4.74 Å². The zero-order chi connectivity index (χ0) is 19.9. The number of likely N-dealkylation sites (tertiary alicyclic amines) is 2. The van der Waals surface area contributed by atoms with E-state index in [1.54, 1.807) is 0 Å². The summed E-state index contributed by atoms with van der Waals surface area (Å²) in [7, 11) is 0. The van der Waals surface area contributed by atoms with Gasteiger partial charge >= 0.3 is 0 Å². The van der Waals surface area contributed by atoms with Gasteiger partial charge in [-0.05, 0) is 43.4 Å². The smallest absolute Gasteiger partial charge is 0.257 e. The molecule has 4 heteroatoms. The lowest BCUT2D eigenvalue weighted by Gasteiger charge is -2.32. The number of hydrogen-bond donors (Lipinski definition) is 0. The van der Waals surface area contributed by atoms with Crippen LogP contribution in [0.3, 0.4) is 0 Å². The molecule has 1 amide bonds. The van der Waals surface area contributed by atoms with Gasteiger partial charge < -0.3 is 9.64 Å². The van der Waals surface area contributed by atoms with Gasteiger partial charge in [-0.1, -0.05) is 54.6 Å². The fourth-order valence-electron chi connectivity index (χ4n) is 4.13. The maximum atomic E-state index is 12.8. The van der Waals surface area contributed by atoms with Gasteiger partial charge in [0, 0.05) is 32.7 Å². The van der Waals surface area contributed by atoms with Crippen LogP contribution in [0.5, 0.6) is 5.75 Å². The molecule has 0 saturated carbocycles. The van der Waals surface area contributed by atoms with Crippen LogP contribution in [-0.2, 0) is 0 Å². The van der Waals surface area contributed by atoms with Gasteiger partial charge in [-0.15, -0.1) is 0 Å². The molecule has 0 unspecified atom stereocenters. The van der Waals surface area contributed by atoms with Gasteiger partial charge in [0.2, 0.25) is 0 Å². The molecule has 2 saturated heterocycles. The molecule has 2 fully saturated rings. The lowest BCUT2D eigenvalue weighted by Crippen LogP contribution is -2.38. The lowest BCUT2D eigenvalue weighted by atomic mass is 10.1. The summed E-state index contributed by atoms with van der Waals surface area (Å²) < 4.78 is 6.30. The van der Waals surface area contributed by atoms with Crippen LogP contribution in [0.2, 0.25) is 0 Å². The van der Waals surface area contributed by atoms with Crippen molar-refractivity contribution in [3.63, 3.8) is 0 Å². The summed E-state index contributed by atoms with van der Waals surface area (Å²) in [4.78, 5) is 17.2. The molecule has 4 rings (SSSR count). The largest absolute Gasteiger partial charge is 0.489 e. The molecule has 0 aromatic heterocycles. The monoisotopic (exact) mass is 390 g/mol. The van der Waals surface area contributed by atoms with Crippen molar-refractivity contribution in [3.8, 4) is 5.75 Å². The standard InChI is InChI=1S/C25H30N2O2/c28-25(27-17-6-7-18-27)23-12-4-5-13-24(23)29-22-14-19-26(20-15-22)16-8-11-21-9-2-1-3-10-21/h1-5,8-13,22H,6-7,14-20H2/b11-8+. The Balaban J connectivity index is 1.29. The van der Waals surface area contributed by atoms with Crippen LogP contribution in [0, 0.1) is 0 Å². The van der Waals surface area contributed by atoms with Gasteiger partial charge in [0.15, 0.2) is 0 Å². The van der Waals surface area contributed by atoms with E-state index >= 15 is 0 Å².